The van der Waals surface area contributed by atoms with Crippen molar-refractivity contribution in [3.05, 3.63) is 23.9 Å². The zero-order valence-electron chi connectivity index (χ0n) is 9.20. The fraction of sp³-hybridized carbons (Fsp3) is 0.455. The minimum absolute atomic E-state index is 0.00782. The van der Waals surface area contributed by atoms with Gasteiger partial charge in [0.25, 0.3) is 0 Å². The Balaban J connectivity index is 2.44. The molecule has 0 atom stereocenters. The maximum atomic E-state index is 11.3. The fourth-order valence-corrected chi connectivity index (χ4v) is 1.39. The van der Waals surface area contributed by atoms with Gasteiger partial charge in [0.15, 0.2) is 0 Å². The molecule has 0 saturated heterocycles. The molecule has 4 nitrogen and oxygen atoms in total. The van der Waals surface area contributed by atoms with Gasteiger partial charge in [-0.15, -0.1) is 11.6 Å². The molecule has 0 aliphatic rings. The number of halogens is 1. The van der Waals surface area contributed by atoms with Gasteiger partial charge in [-0.3, -0.25) is 4.79 Å². The molecule has 0 saturated carbocycles. The molecule has 0 aromatic carbocycles. The van der Waals surface area contributed by atoms with E-state index in [9.17, 15) is 4.79 Å². The summed E-state index contributed by atoms with van der Waals surface area (Å²) < 4.78 is 5.08. The Morgan fingerprint density at radius 2 is 2.44 bits per heavy atom. The molecule has 0 fully saturated rings. The number of hydrogen-bond donors (Lipinski definition) is 1. The second-order valence-corrected chi connectivity index (χ2v) is 3.62. The minimum atomic E-state index is -0.00782. The lowest BCUT2D eigenvalue weighted by atomic mass is 10.2. The Kier molecular flexibility index (Phi) is 5.64. The van der Waals surface area contributed by atoms with Gasteiger partial charge in [0.05, 0.1) is 7.11 Å². The van der Waals surface area contributed by atoms with Gasteiger partial charge < -0.3 is 10.1 Å². The largest absolute Gasteiger partial charge is 0.481 e. The number of alkyl halides is 1. The van der Waals surface area contributed by atoms with Gasteiger partial charge in [-0.2, -0.15) is 0 Å². The van der Waals surface area contributed by atoms with E-state index in [4.69, 9.17) is 16.3 Å². The lowest BCUT2D eigenvalue weighted by Gasteiger charge is -2.07. The van der Waals surface area contributed by atoms with Crippen LogP contribution in [0.5, 0.6) is 5.88 Å². The normalized spacial score (nSPS) is 9.88. The van der Waals surface area contributed by atoms with Crippen LogP contribution in [0, 0.1) is 0 Å². The Hall–Kier alpha value is -1.29. The van der Waals surface area contributed by atoms with E-state index < -0.39 is 0 Å². The van der Waals surface area contributed by atoms with Crippen LogP contribution < -0.4 is 10.1 Å². The second kappa shape index (κ2) is 7.06. The standard InChI is InChI=1S/C11H15ClN2O2/c1-16-11-9(4-3-7-13-11)8-14-10(15)5-2-6-12/h3-4,7H,2,5-6,8H2,1H3,(H,14,15). The van der Waals surface area contributed by atoms with Crippen molar-refractivity contribution in [3.63, 3.8) is 0 Å². The highest BCUT2D eigenvalue weighted by Gasteiger charge is 2.05. The first kappa shape index (κ1) is 12.8. The van der Waals surface area contributed by atoms with Crippen LogP contribution >= 0.6 is 11.6 Å². The van der Waals surface area contributed by atoms with Crippen molar-refractivity contribution in [1.29, 1.82) is 0 Å². The quantitative estimate of drug-likeness (QED) is 0.773. The summed E-state index contributed by atoms with van der Waals surface area (Å²) in [7, 11) is 1.56. The summed E-state index contributed by atoms with van der Waals surface area (Å²) in [5.41, 5.74) is 0.865. The van der Waals surface area contributed by atoms with Crippen LogP contribution in [0.1, 0.15) is 18.4 Å². The van der Waals surface area contributed by atoms with E-state index in [0.717, 1.165) is 5.56 Å². The number of rotatable bonds is 6. The van der Waals surface area contributed by atoms with E-state index >= 15 is 0 Å². The Bertz CT molecular complexity index is 345. The van der Waals surface area contributed by atoms with Crippen LogP contribution in [0.2, 0.25) is 0 Å². The molecule has 1 N–H and O–H groups in total. The zero-order valence-corrected chi connectivity index (χ0v) is 9.96. The maximum Gasteiger partial charge on any atom is 0.220 e. The number of nitrogens with one attached hydrogen (secondary N) is 1. The molecule has 1 rings (SSSR count). The first-order valence-corrected chi connectivity index (χ1v) is 5.62. The molecule has 5 heteroatoms. The number of carbonyl (C=O) groups is 1. The van der Waals surface area contributed by atoms with Crippen molar-refractivity contribution in [2.75, 3.05) is 13.0 Å². The Labute approximate surface area is 100.0 Å². The Morgan fingerprint density at radius 3 is 3.12 bits per heavy atom. The van der Waals surface area contributed by atoms with Gasteiger partial charge in [0, 0.05) is 30.6 Å². The van der Waals surface area contributed by atoms with Crippen molar-refractivity contribution < 1.29 is 9.53 Å². The lowest BCUT2D eigenvalue weighted by Crippen LogP contribution is -2.22. The third kappa shape index (κ3) is 4.06. The third-order valence-corrected chi connectivity index (χ3v) is 2.32. The average Bonchev–Trinajstić information content (AvgIpc) is 2.34. The summed E-state index contributed by atoms with van der Waals surface area (Å²) >= 11 is 5.50. The number of methoxy groups -OCH3 is 1. The summed E-state index contributed by atoms with van der Waals surface area (Å²) in [6.45, 7) is 0.429. The molecule has 0 aliphatic carbocycles. The van der Waals surface area contributed by atoms with Crippen LogP contribution in [0.4, 0.5) is 0 Å². The van der Waals surface area contributed by atoms with Gasteiger partial charge in [-0.1, -0.05) is 6.07 Å². The summed E-state index contributed by atoms with van der Waals surface area (Å²) in [5, 5.41) is 2.79. The number of hydrogen-bond acceptors (Lipinski definition) is 3. The van der Waals surface area contributed by atoms with Crippen molar-refractivity contribution in [3.8, 4) is 5.88 Å². The number of ether oxygens (including phenoxy) is 1. The molecule has 1 heterocycles. The molecule has 0 spiro atoms. The summed E-state index contributed by atoms with van der Waals surface area (Å²) in [5.74, 6) is 1.04. The Morgan fingerprint density at radius 1 is 1.62 bits per heavy atom. The van der Waals surface area contributed by atoms with E-state index in [0.29, 0.717) is 31.1 Å². The van der Waals surface area contributed by atoms with Crippen molar-refractivity contribution in [1.82, 2.24) is 10.3 Å². The molecule has 0 unspecified atom stereocenters. The van der Waals surface area contributed by atoms with Gasteiger partial charge in [0.2, 0.25) is 11.8 Å². The first-order valence-electron chi connectivity index (χ1n) is 5.08. The highest BCUT2D eigenvalue weighted by atomic mass is 35.5. The molecule has 16 heavy (non-hydrogen) atoms. The second-order valence-electron chi connectivity index (χ2n) is 3.24. The van der Waals surface area contributed by atoms with E-state index in [-0.39, 0.29) is 5.91 Å². The molecular formula is C11H15ClN2O2. The smallest absolute Gasteiger partial charge is 0.220 e. The SMILES string of the molecule is COc1ncccc1CNC(=O)CCCCl. The molecule has 1 aromatic heterocycles. The first-order chi connectivity index (χ1) is 7.77. The third-order valence-electron chi connectivity index (χ3n) is 2.06. The minimum Gasteiger partial charge on any atom is -0.481 e. The predicted molar refractivity (Wildman–Crippen MR) is 62.6 cm³/mol. The van der Waals surface area contributed by atoms with E-state index in [1.165, 1.54) is 0 Å². The van der Waals surface area contributed by atoms with Crippen molar-refractivity contribution in [2.45, 2.75) is 19.4 Å². The summed E-state index contributed by atoms with van der Waals surface area (Å²) in [4.78, 5) is 15.4. The summed E-state index contributed by atoms with van der Waals surface area (Å²) in [6.07, 6.45) is 2.79. The van der Waals surface area contributed by atoms with Crippen LogP contribution in [-0.4, -0.2) is 23.9 Å². The predicted octanol–water partition coefficient (Wildman–Crippen LogP) is 1.73. The molecule has 88 valence electrons. The average molecular weight is 243 g/mol. The molecular weight excluding hydrogens is 228 g/mol. The van der Waals surface area contributed by atoms with Crippen LogP contribution in [0.25, 0.3) is 0 Å². The van der Waals surface area contributed by atoms with Gasteiger partial charge >= 0.3 is 0 Å². The van der Waals surface area contributed by atoms with Crippen LogP contribution in [0.15, 0.2) is 18.3 Å². The van der Waals surface area contributed by atoms with E-state index in [1.807, 2.05) is 12.1 Å². The molecule has 0 bridgehead atoms. The van der Waals surface area contributed by atoms with E-state index in [1.54, 1.807) is 13.3 Å². The van der Waals surface area contributed by atoms with Crippen molar-refractivity contribution in [2.24, 2.45) is 0 Å². The summed E-state index contributed by atoms with van der Waals surface area (Å²) in [6, 6.07) is 3.68. The highest BCUT2D eigenvalue weighted by Crippen LogP contribution is 2.12. The maximum absolute atomic E-state index is 11.3. The number of pyridine rings is 1. The van der Waals surface area contributed by atoms with Crippen LogP contribution in [-0.2, 0) is 11.3 Å². The molecule has 0 radical (unpaired) electrons. The number of nitrogens with zero attached hydrogens (tertiary/aromatic N) is 1. The van der Waals surface area contributed by atoms with Crippen LogP contribution in [0.3, 0.4) is 0 Å². The number of aromatic nitrogens is 1. The van der Waals surface area contributed by atoms with Gasteiger partial charge in [0.1, 0.15) is 0 Å². The highest BCUT2D eigenvalue weighted by molar-refractivity contribution is 6.17. The fourth-order valence-electron chi connectivity index (χ4n) is 1.25. The van der Waals surface area contributed by atoms with E-state index in [2.05, 4.69) is 10.3 Å². The van der Waals surface area contributed by atoms with Gasteiger partial charge in [-0.05, 0) is 12.5 Å². The zero-order chi connectivity index (χ0) is 11.8. The molecule has 1 aromatic rings. The number of carbonyl (C=O) groups excluding carboxylic acids is 1. The monoisotopic (exact) mass is 242 g/mol. The number of amides is 1. The van der Waals surface area contributed by atoms with Crippen molar-refractivity contribution >= 4 is 17.5 Å². The molecule has 1 amide bonds. The lowest BCUT2D eigenvalue weighted by molar-refractivity contribution is -0.121. The molecule has 0 aliphatic heterocycles. The van der Waals surface area contributed by atoms with Gasteiger partial charge in [-0.25, -0.2) is 4.98 Å². The topological polar surface area (TPSA) is 51.2 Å².